The minimum Gasteiger partial charge on any atom is -0.346 e. The van der Waals surface area contributed by atoms with E-state index in [2.05, 4.69) is 0 Å². The third-order valence-corrected chi connectivity index (χ3v) is 0.907. The van der Waals surface area contributed by atoms with Gasteiger partial charge in [0.2, 0.25) is 0 Å². The predicted octanol–water partition coefficient (Wildman–Crippen LogP) is -1.22. The molecule has 0 bridgehead atoms. The first kappa shape index (κ1) is 23.3. The van der Waals surface area contributed by atoms with Gasteiger partial charge in [-0.1, -0.05) is 6.92 Å². The normalized spacial score (nSPS) is 11.1. The maximum atomic E-state index is 9.55. The van der Waals surface area contributed by atoms with Crippen molar-refractivity contribution >= 4 is 50.6 Å². The van der Waals surface area contributed by atoms with Crippen LogP contribution < -0.4 is 0 Å². The smallest absolute Gasteiger partial charge is 0.346 e. The zero-order chi connectivity index (χ0) is 8.78. The molecule has 0 rings (SSSR count). The summed E-state index contributed by atoms with van der Waals surface area (Å²) in [5, 5.41) is 0. The number of rotatable bonds is 1. The molecule has 0 saturated heterocycles. The van der Waals surface area contributed by atoms with Gasteiger partial charge in [0.05, 0.1) is 0 Å². The zero-order valence-corrected chi connectivity index (χ0v) is 10.6. The Labute approximate surface area is 92.4 Å². The molecule has 6 nitrogen and oxygen atoms in total. The van der Waals surface area contributed by atoms with Crippen molar-refractivity contribution < 1.29 is 28.7 Å². The Morgan fingerprint density at radius 1 is 1.25 bits per heavy atom. The summed E-state index contributed by atoms with van der Waals surface area (Å²) in [5.41, 5.74) is 0. The second-order valence-corrected chi connectivity index (χ2v) is 3.78. The molecule has 0 aliphatic carbocycles. The van der Waals surface area contributed by atoms with Gasteiger partial charge in [0.25, 0.3) is 0 Å². The fraction of sp³-hybridized carbons (Fsp3) is 1.00. The average molecular weight is 246 g/mol. The molecule has 1 atom stereocenters. The van der Waals surface area contributed by atoms with Crippen LogP contribution in [0.2, 0.25) is 0 Å². The topological polar surface area (TPSA) is 115 Å². The van der Waals surface area contributed by atoms with E-state index >= 15 is 0 Å². The molecule has 0 aliphatic heterocycles. The van der Waals surface area contributed by atoms with Gasteiger partial charge in [-0.05, 0) is 0 Å². The van der Waals surface area contributed by atoms with Crippen molar-refractivity contribution in [2.45, 2.75) is 6.92 Å². The van der Waals surface area contributed by atoms with Gasteiger partial charge in [0.1, 0.15) is 0 Å². The van der Waals surface area contributed by atoms with Crippen LogP contribution in [-0.4, -0.2) is 60.5 Å². The SMILES string of the molecule is CC[PH](=O)O.O=P(O)(O)O.[Al+3].[Al+3]. The standard InChI is InChI=1S/C2H7O2P.2Al.H3O4P/c1-2-5(3)4;;;1-5(2,3)4/h5H,2H2,1H3,(H,3,4);;;(H3,1,2,3,4)/q;2*+3;. The summed E-state index contributed by atoms with van der Waals surface area (Å²) in [5.74, 6) is 0. The van der Waals surface area contributed by atoms with Crippen LogP contribution in [-0.2, 0) is 9.13 Å². The van der Waals surface area contributed by atoms with Gasteiger partial charge in [0.15, 0.2) is 8.03 Å². The molecule has 1 unspecified atom stereocenters. The molecule has 0 aromatic rings. The van der Waals surface area contributed by atoms with Crippen molar-refractivity contribution in [3.63, 3.8) is 0 Å². The van der Waals surface area contributed by atoms with Crippen LogP contribution in [0.5, 0.6) is 0 Å². The van der Waals surface area contributed by atoms with Gasteiger partial charge in [0, 0.05) is 6.16 Å². The minimum atomic E-state index is -4.64. The van der Waals surface area contributed by atoms with Gasteiger partial charge in [-0.25, -0.2) is 4.57 Å². The van der Waals surface area contributed by atoms with Crippen molar-refractivity contribution in [3.8, 4) is 0 Å². The predicted molar refractivity (Wildman–Crippen MR) is 47.5 cm³/mol. The summed E-state index contributed by atoms with van der Waals surface area (Å²) >= 11 is 0. The first-order valence-corrected chi connectivity index (χ1v) is 5.40. The molecule has 0 saturated carbocycles. The Hall–Kier alpha value is 1.36. The van der Waals surface area contributed by atoms with E-state index < -0.39 is 15.9 Å². The second kappa shape index (κ2) is 12.4. The first-order chi connectivity index (χ1) is 4.27. The van der Waals surface area contributed by atoms with Gasteiger partial charge >= 0.3 is 42.5 Å². The van der Waals surface area contributed by atoms with Crippen LogP contribution >= 0.6 is 15.9 Å². The quantitative estimate of drug-likeness (QED) is 0.340. The van der Waals surface area contributed by atoms with Crippen LogP contribution in [0, 0.1) is 0 Å². The molecule has 0 radical (unpaired) electrons. The number of hydrogen-bond donors (Lipinski definition) is 4. The molecule has 0 heterocycles. The molecule has 64 valence electrons. The monoisotopic (exact) mass is 246 g/mol. The van der Waals surface area contributed by atoms with Crippen LogP contribution in [0.15, 0.2) is 0 Å². The molecular weight excluding hydrogens is 236 g/mol. The fourth-order valence-electron chi connectivity index (χ4n) is 0. The van der Waals surface area contributed by atoms with Crippen molar-refractivity contribution in [3.05, 3.63) is 0 Å². The Bertz CT molecular complexity index is 136. The average Bonchev–Trinajstić information content (AvgIpc) is 1.61. The Balaban J connectivity index is -0.0000000457. The van der Waals surface area contributed by atoms with Crippen LogP contribution in [0.1, 0.15) is 6.92 Å². The van der Waals surface area contributed by atoms with Gasteiger partial charge in [-0.15, -0.1) is 0 Å². The summed E-state index contributed by atoms with van der Waals surface area (Å²) in [6.45, 7) is 1.68. The minimum absolute atomic E-state index is 0. The van der Waals surface area contributed by atoms with Gasteiger partial charge in [-0.2, -0.15) is 0 Å². The van der Waals surface area contributed by atoms with E-state index in [0.29, 0.717) is 6.16 Å². The molecule has 10 heteroatoms. The number of phosphoric acid groups is 1. The first-order valence-electron chi connectivity index (χ1n) is 2.27. The summed E-state index contributed by atoms with van der Waals surface area (Å²) in [4.78, 5) is 29.5. The van der Waals surface area contributed by atoms with E-state index in [1.165, 1.54) is 0 Å². The van der Waals surface area contributed by atoms with Crippen molar-refractivity contribution in [2.75, 3.05) is 6.16 Å². The zero-order valence-electron chi connectivity index (χ0n) is 6.41. The van der Waals surface area contributed by atoms with Gasteiger partial charge < -0.3 is 19.6 Å². The Morgan fingerprint density at radius 2 is 1.33 bits per heavy atom. The molecule has 4 N–H and O–H groups in total. The molecule has 0 aromatic heterocycles. The molecule has 0 aromatic carbocycles. The summed E-state index contributed by atoms with van der Waals surface area (Å²) < 4.78 is 18.4. The maximum Gasteiger partial charge on any atom is 3.00 e. The fourth-order valence-corrected chi connectivity index (χ4v) is 0. The molecule has 0 fully saturated rings. The molecule has 0 amide bonds. The van der Waals surface area contributed by atoms with Gasteiger partial charge in [-0.3, -0.25) is 4.57 Å². The second-order valence-electron chi connectivity index (χ2n) is 1.26. The van der Waals surface area contributed by atoms with E-state index in [9.17, 15) is 4.57 Å². The van der Waals surface area contributed by atoms with E-state index in [-0.39, 0.29) is 34.7 Å². The largest absolute Gasteiger partial charge is 3.00 e. The summed E-state index contributed by atoms with van der Waals surface area (Å²) in [6, 6.07) is 0. The maximum absolute atomic E-state index is 9.55. The van der Waals surface area contributed by atoms with Crippen LogP contribution in [0.3, 0.4) is 0 Å². The van der Waals surface area contributed by atoms with Crippen LogP contribution in [0.25, 0.3) is 0 Å². The third kappa shape index (κ3) is 108. The molecular formula is C2H10Al2O6P2+6. The van der Waals surface area contributed by atoms with E-state index in [1.54, 1.807) is 6.92 Å². The number of hydrogen-bond acceptors (Lipinski definition) is 2. The summed E-state index contributed by atoms with van der Waals surface area (Å²) in [7, 11) is -6.76. The van der Waals surface area contributed by atoms with E-state index in [0.717, 1.165) is 0 Å². The Morgan fingerprint density at radius 3 is 1.33 bits per heavy atom. The van der Waals surface area contributed by atoms with E-state index in [1.807, 2.05) is 0 Å². The Kier molecular flexibility index (Phi) is 24.0. The van der Waals surface area contributed by atoms with Crippen LogP contribution in [0.4, 0.5) is 0 Å². The summed E-state index contributed by atoms with van der Waals surface area (Å²) in [6.07, 6.45) is 0.407. The molecule has 0 aliphatic rings. The van der Waals surface area contributed by atoms with Crippen molar-refractivity contribution in [2.24, 2.45) is 0 Å². The third-order valence-electron chi connectivity index (χ3n) is 0.302. The van der Waals surface area contributed by atoms with Crippen molar-refractivity contribution in [1.29, 1.82) is 0 Å². The van der Waals surface area contributed by atoms with E-state index in [4.69, 9.17) is 24.1 Å². The van der Waals surface area contributed by atoms with Crippen molar-refractivity contribution in [1.82, 2.24) is 0 Å². The molecule has 12 heavy (non-hydrogen) atoms. The molecule has 0 spiro atoms.